The molecule has 0 atom stereocenters. The highest BCUT2D eigenvalue weighted by Crippen LogP contribution is 2.27. The molecule has 3 N–H and O–H groups in total. The van der Waals surface area contributed by atoms with E-state index in [1.54, 1.807) is 0 Å². The van der Waals surface area contributed by atoms with Gasteiger partial charge in [-0.05, 0) is 18.2 Å². The molecule has 0 saturated carbocycles. The average molecular weight is 381 g/mol. The van der Waals surface area contributed by atoms with Gasteiger partial charge in [-0.3, -0.25) is 0 Å². The van der Waals surface area contributed by atoms with Gasteiger partial charge in [0.1, 0.15) is 12.4 Å². The summed E-state index contributed by atoms with van der Waals surface area (Å²) in [6.07, 6.45) is 1.81. The lowest BCUT2D eigenvalue weighted by molar-refractivity contribution is -0.159. The molecule has 6 nitrogen and oxygen atoms in total. The lowest BCUT2D eigenvalue weighted by Gasteiger charge is -2.08. The van der Waals surface area contributed by atoms with Crippen LogP contribution in [-0.2, 0) is 9.59 Å². The minimum atomic E-state index is -1.82. The van der Waals surface area contributed by atoms with Crippen molar-refractivity contribution >= 4 is 39.5 Å². The molecule has 0 heterocycles. The first kappa shape index (κ1) is 19.4. The molecule has 0 aromatic heterocycles. The van der Waals surface area contributed by atoms with Crippen LogP contribution in [0.1, 0.15) is 0 Å². The highest BCUT2D eigenvalue weighted by atomic mass is 79.9. The Kier molecular flexibility index (Phi) is 10.3. The van der Waals surface area contributed by atoms with Gasteiger partial charge in [0.2, 0.25) is 0 Å². The van der Waals surface area contributed by atoms with Gasteiger partial charge in [0.15, 0.2) is 0 Å². The Morgan fingerprint density at radius 3 is 2.48 bits per heavy atom. The van der Waals surface area contributed by atoms with Crippen LogP contribution in [-0.4, -0.2) is 41.8 Å². The first-order chi connectivity index (χ1) is 9.88. The van der Waals surface area contributed by atoms with Gasteiger partial charge in [-0.2, -0.15) is 0 Å². The number of carboxylic acids is 2. The summed E-state index contributed by atoms with van der Waals surface area (Å²) in [6, 6.07) is 5.56. The lowest BCUT2D eigenvalue weighted by Crippen LogP contribution is -2.20. The fourth-order valence-corrected chi connectivity index (χ4v) is 1.76. The molecular formula is C13H15BrClNO5. The number of ether oxygens (including phenoxy) is 1. The smallest absolute Gasteiger partial charge is 0.414 e. The maximum absolute atomic E-state index is 9.10. The van der Waals surface area contributed by atoms with Crippen molar-refractivity contribution in [1.29, 1.82) is 0 Å². The first-order valence-electron chi connectivity index (χ1n) is 5.74. The lowest BCUT2D eigenvalue weighted by atomic mass is 10.3. The molecule has 0 radical (unpaired) electrons. The fraction of sp³-hybridized carbons (Fsp3) is 0.231. The minimum absolute atomic E-state index is 0.592. The summed E-state index contributed by atoms with van der Waals surface area (Å²) < 4.78 is 6.44. The summed E-state index contributed by atoms with van der Waals surface area (Å²) in [5.41, 5.74) is 0. The predicted molar refractivity (Wildman–Crippen MR) is 83.0 cm³/mol. The zero-order valence-corrected chi connectivity index (χ0v) is 13.4. The SMILES string of the molecule is C=CCNCCOc1ccc(Br)cc1Cl.O=C(O)C(=O)O. The number of carboxylic acid groups (broad SMARTS) is 2. The molecule has 0 aliphatic rings. The summed E-state index contributed by atoms with van der Waals surface area (Å²) in [4.78, 5) is 18.2. The van der Waals surface area contributed by atoms with Gasteiger partial charge in [-0.1, -0.05) is 33.6 Å². The summed E-state index contributed by atoms with van der Waals surface area (Å²) in [5, 5.41) is 18.5. The van der Waals surface area contributed by atoms with E-state index in [1.165, 1.54) is 0 Å². The predicted octanol–water partition coefficient (Wildman–Crippen LogP) is 2.41. The molecule has 0 aliphatic heterocycles. The number of benzene rings is 1. The van der Waals surface area contributed by atoms with Gasteiger partial charge in [0, 0.05) is 17.6 Å². The van der Waals surface area contributed by atoms with Crippen molar-refractivity contribution in [3.63, 3.8) is 0 Å². The van der Waals surface area contributed by atoms with E-state index in [-0.39, 0.29) is 0 Å². The third-order valence-corrected chi connectivity index (χ3v) is 2.69. The second-order valence-corrected chi connectivity index (χ2v) is 4.85. The van der Waals surface area contributed by atoms with Crippen LogP contribution in [0.5, 0.6) is 5.75 Å². The molecule has 0 amide bonds. The van der Waals surface area contributed by atoms with Crippen molar-refractivity contribution in [3.05, 3.63) is 40.3 Å². The van der Waals surface area contributed by atoms with Crippen LogP contribution in [0.3, 0.4) is 0 Å². The molecule has 0 bridgehead atoms. The van der Waals surface area contributed by atoms with E-state index >= 15 is 0 Å². The molecule has 8 heteroatoms. The van der Waals surface area contributed by atoms with Crippen LogP contribution in [0.2, 0.25) is 5.02 Å². The number of carbonyl (C=O) groups is 2. The Morgan fingerprint density at radius 1 is 1.38 bits per heavy atom. The van der Waals surface area contributed by atoms with Gasteiger partial charge in [-0.15, -0.1) is 6.58 Å². The number of hydrogen-bond acceptors (Lipinski definition) is 4. The van der Waals surface area contributed by atoms with Crippen molar-refractivity contribution in [3.8, 4) is 5.75 Å². The Morgan fingerprint density at radius 2 is 2.00 bits per heavy atom. The number of aliphatic carboxylic acids is 2. The molecule has 0 saturated heterocycles. The van der Waals surface area contributed by atoms with Crippen molar-refractivity contribution in [2.24, 2.45) is 0 Å². The Bertz CT molecular complexity index is 483. The molecule has 0 aliphatic carbocycles. The van der Waals surface area contributed by atoms with E-state index < -0.39 is 11.9 Å². The molecule has 1 aromatic rings. The maximum Gasteiger partial charge on any atom is 0.414 e. The average Bonchev–Trinajstić information content (AvgIpc) is 2.41. The van der Waals surface area contributed by atoms with Crippen LogP contribution in [0, 0.1) is 0 Å². The van der Waals surface area contributed by atoms with Crippen LogP contribution in [0.15, 0.2) is 35.3 Å². The van der Waals surface area contributed by atoms with Crippen molar-refractivity contribution in [2.45, 2.75) is 0 Å². The zero-order chi connectivity index (χ0) is 16.3. The largest absolute Gasteiger partial charge is 0.491 e. The van der Waals surface area contributed by atoms with Crippen LogP contribution in [0.25, 0.3) is 0 Å². The van der Waals surface area contributed by atoms with E-state index in [1.807, 2.05) is 24.3 Å². The highest BCUT2D eigenvalue weighted by Gasteiger charge is 2.04. The topological polar surface area (TPSA) is 95.9 Å². The number of halogens is 2. The van der Waals surface area contributed by atoms with Gasteiger partial charge >= 0.3 is 11.9 Å². The number of nitrogens with one attached hydrogen (secondary N) is 1. The van der Waals surface area contributed by atoms with Crippen LogP contribution < -0.4 is 10.1 Å². The Balaban J connectivity index is 0.000000567. The van der Waals surface area contributed by atoms with E-state index in [0.29, 0.717) is 17.4 Å². The minimum Gasteiger partial charge on any atom is -0.491 e. The molecule has 0 unspecified atom stereocenters. The normalized spacial score (nSPS) is 9.24. The summed E-state index contributed by atoms with van der Waals surface area (Å²) in [6.45, 7) is 5.77. The Labute approximate surface area is 135 Å². The second kappa shape index (κ2) is 11.1. The monoisotopic (exact) mass is 379 g/mol. The molecule has 1 aromatic carbocycles. The fourth-order valence-electron chi connectivity index (χ4n) is 1.03. The summed E-state index contributed by atoms with van der Waals surface area (Å²) in [5.74, 6) is -2.94. The van der Waals surface area contributed by atoms with E-state index in [0.717, 1.165) is 17.6 Å². The maximum atomic E-state index is 9.10. The quantitative estimate of drug-likeness (QED) is 0.398. The number of hydrogen-bond donors (Lipinski definition) is 3. The molecule has 116 valence electrons. The van der Waals surface area contributed by atoms with Gasteiger partial charge in [-0.25, -0.2) is 9.59 Å². The van der Waals surface area contributed by atoms with Crippen LogP contribution in [0.4, 0.5) is 0 Å². The third-order valence-electron chi connectivity index (χ3n) is 1.90. The first-order valence-corrected chi connectivity index (χ1v) is 6.91. The molecule has 0 fully saturated rings. The Hall–Kier alpha value is -1.57. The van der Waals surface area contributed by atoms with E-state index in [2.05, 4.69) is 27.8 Å². The molecular weight excluding hydrogens is 366 g/mol. The number of rotatable bonds is 6. The summed E-state index contributed by atoms with van der Waals surface area (Å²) in [7, 11) is 0. The zero-order valence-electron chi connectivity index (χ0n) is 11.0. The molecule has 1 rings (SSSR count). The van der Waals surface area contributed by atoms with Gasteiger partial charge in [0.05, 0.1) is 5.02 Å². The van der Waals surface area contributed by atoms with Crippen molar-refractivity contribution in [1.82, 2.24) is 5.32 Å². The third kappa shape index (κ3) is 9.89. The van der Waals surface area contributed by atoms with Gasteiger partial charge < -0.3 is 20.3 Å². The highest BCUT2D eigenvalue weighted by molar-refractivity contribution is 9.10. The second-order valence-electron chi connectivity index (χ2n) is 3.53. The standard InChI is InChI=1S/C11H13BrClNO.C2H2O4/c1-2-5-14-6-7-15-11-4-3-9(12)8-10(11)13;3-1(4)2(5)6/h2-4,8,14H,1,5-7H2;(H,3,4)(H,5,6). The molecule has 0 spiro atoms. The van der Waals surface area contributed by atoms with Crippen LogP contribution >= 0.6 is 27.5 Å². The van der Waals surface area contributed by atoms with Crippen molar-refractivity contribution < 1.29 is 24.5 Å². The van der Waals surface area contributed by atoms with E-state index in [4.69, 9.17) is 36.1 Å². The van der Waals surface area contributed by atoms with Crippen molar-refractivity contribution in [2.75, 3.05) is 19.7 Å². The van der Waals surface area contributed by atoms with Gasteiger partial charge in [0.25, 0.3) is 0 Å². The summed E-state index contributed by atoms with van der Waals surface area (Å²) >= 11 is 9.31. The molecule has 21 heavy (non-hydrogen) atoms. The van der Waals surface area contributed by atoms with E-state index in [9.17, 15) is 0 Å².